The van der Waals surface area contributed by atoms with Crippen molar-refractivity contribution in [2.45, 2.75) is 46.3 Å². The van der Waals surface area contributed by atoms with E-state index in [1.165, 1.54) is 0 Å². The molecule has 2 N–H and O–H groups in total. The summed E-state index contributed by atoms with van der Waals surface area (Å²) in [7, 11) is 0. The van der Waals surface area contributed by atoms with Crippen LogP contribution in [0.4, 0.5) is 5.82 Å². The highest BCUT2D eigenvalue weighted by Crippen LogP contribution is 2.19. The van der Waals surface area contributed by atoms with Gasteiger partial charge in [-0.15, -0.1) is 0 Å². The van der Waals surface area contributed by atoms with Gasteiger partial charge in [-0.3, -0.25) is 0 Å². The number of anilines is 1. The van der Waals surface area contributed by atoms with E-state index in [1.54, 1.807) is 13.8 Å². The van der Waals surface area contributed by atoms with Crippen LogP contribution in [-0.2, 0) is 0 Å². The summed E-state index contributed by atoms with van der Waals surface area (Å²) in [4.78, 5) is 4.35. The molecule has 1 atom stereocenters. The van der Waals surface area contributed by atoms with E-state index >= 15 is 0 Å². The standard InChI is InChI=1S/C13H19N3O/c1-8-6-11(7-14)12(15-9(8)2)16-10(3)13(4,5)17/h6,10,17H,1-5H3,(H,15,16). The molecule has 1 unspecified atom stereocenters. The molecule has 0 bridgehead atoms. The summed E-state index contributed by atoms with van der Waals surface area (Å²) in [5.74, 6) is 0.533. The minimum atomic E-state index is -0.868. The van der Waals surface area contributed by atoms with E-state index in [0.29, 0.717) is 11.4 Å². The Labute approximate surface area is 102 Å². The van der Waals surface area contributed by atoms with Crippen molar-refractivity contribution in [1.82, 2.24) is 4.98 Å². The quantitative estimate of drug-likeness (QED) is 0.839. The molecule has 4 nitrogen and oxygen atoms in total. The van der Waals surface area contributed by atoms with Gasteiger partial charge < -0.3 is 10.4 Å². The van der Waals surface area contributed by atoms with Gasteiger partial charge in [0.1, 0.15) is 11.9 Å². The van der Waals surface area contributed by atoms with Crippen molar-refractivity contribution in [2.24, 2.45) is 0 Å². The zero-order chi connectivity index (χ0) is 13.2. The number of rotatable bonds is 3. The zero-order valence-electron chi connectivity index (χ0n) is 11.0. The monoisotopic (exact) mass is 233 g/mol. The SMILES string of the molecule is Cc1cc(C#N)c(NC(C)C(C)(C)O)nc1C. The van der Waals surface area contributed by atoms with Crippen LogP contribution in [0.1, 0.15) is 37.6 Å². The summed E-state index contributed by atoms with van der Waals surface area (Å²) in [5.41, 5.74) is 1.51. The van der Waals surface area contributed by atoms with Crippen LogP contribution >= 0.6 is 0 Å². The molecule has 0 radical (unpaired) electrons. The highest BCUT2D eigenvalue weighted by atomic mass is 16.3. The number of hydrogen-bond acceptors (Lipinski definition) is 4. The fraction of sp³-hybridized carbons (Fsp3) is 0.538. The van der Waals surface area contributed by atoms with Crippen molar-refractivity contribution in [3.05, 3.63) is 22.9 Å². The Bertz CT molecular complexity index is 455. The van der Waals surface area contributed by atoms with Crippen LogP contribution in [0.15, 0.2) is 6.07 Å². The first-order valence-electron chi connectivity index (χ1n) is 5.63. The smallest absolute Gasteiger partial charge is 0.144 e. The third kappa shape index (κ3) is 3.18. The summed E-state index contributed by atoms with van der Waals surface area (Å²) in [6.45, 7) is 9.12. The number of pyridine rings is 1. The average molecular weight is 233 g/mol. The van der Waals surface area contributed by atoms with Crippen molar-refractivity contribution in [3.8, 4) is 6.07 Å². The lowest BCUT2D eigenvalue weighted by atomic mass is 10.0. The molecule has 1 heterocycles. The summed E-state index contributed by atoms with van der Waals surface area (Å²) in [6.07, 6.45) is 0. The Balaban J connectivity index is 3.07. The Morgan fingerprint density at radius 2 is 2.06 bits per heavy atom. The Morgan fingerprint density at radius 1 is 1.47 bits per heavy atom. The third-order valence-corrected chi connectivity index (χ3v) is 3.00. The van der Waals surface area contributed by atoms with Crippen LogP contribution in [-0.4, -0.2) is 21.7 Å². The summed E-state index contributed by atoms with van der Waals surface area (Å²) >= 11 is 0. The molecular formula is C13H19N3O. The highest BCUT2D eigenvalue weighted by Gasteiger charge is 2.23. The normalized spacial score (nSPS) is 13.0. The van der Waals surface area contributed by atoms with Gasteiger partial charge in [0.15, 0.2) is 0 Å². The molecule has 1 aromatic rings. The summed E-state index contributed by atoms with van der Waals surface area (Å²) < 4.78 is 0. The predicted molar refractivity (Wildman–Crippen MR) is 67.8 cm³/mol. The first-order chi connectivity index (χ1) is 7.75. The average Bonchev–Trinajstić information content (AvgIpc) is 2.21. The first kappa shape index (κ1) is 13.5. The van der Waals surface area contributed by atoms with Gasteiger partial charge in [-0.05, 0) is 46.2 Å². The van der Waals surface area contributed by atoms with Gasteiger partial charge in [-0.2, -0.15) is 5.26 Å². The van der Waals surface area contributed by atoms with Crippen LogP contribution in [0.5, 0.6) is 0 Å². The number of aromatic nitrogens is 1. The maximum absolute atomic E-state index is 9.86. The molecule has 0 spiro atoms. The molecule has 92 valence electrons. The van der Waals surface area contributed by atoms with Gasteiger partial charge >= 0.3 is 0 Å². The Kier molecular flexibility index (Phi) is 3.74. The van der Waals surface area contributed by atoms with Crippen molar-refractivity contribution in [1.29, 1.82) is 5.26 Å². The molecule has 0 aliphatic rings. The van der Waals surface area contributed by atoms with Gasteiger partial charge in [0.05, 0.1) is 17.2 Å². The van der Waals surface area contributed by atoms with Crippen molar-refractivity contribution in [3.63, 3.8) is 0 Å². The van der Waals surface area contributed by atoms with E-state index in [1.807, 2.05) is 26.8 Å². The lowest BCUT2D eigenvalue weighted by molar-refractivity contribution is 0.0647. The van der Waals surface area contributed by atoms with Crippen molar-refractivity contribution >= 4 is 5.82 Å². The number of aliphatic hydroxyl groups is 1. The van der Waals surface area contributed by atoms with Crippen molar-refractivity contribution in [2.75, 3.05) is 5.32 Å². The molecule has 4 heteroatoms. The second-order valence-electron chi connectivity index (χ2n) is 4.92. The molecule has 0 aromatic carbocycles. The van der Waals surface area contributed by atoms with Crippen molar-refractivity contribution < 1.29 is 5.11 Å². The van der Waals surface area contributed by atoms with Crippen LogP contribution in [0.3, 0.4) is 0 Å². The fourth-order valence-corrected chi connectivity index (χ4v) is 1.28. The molecule has 1 rings (SSSR count). The number of nitrogens with one attached hydrogen (secondary N) is 1. The largest absolute Gasteiger partial charge is 0.388 e. The maximum atomic E-state index is 9.86. The zero-order valence-corrected chi connectivity index (χ0v) is 11.0. The minimum absolute atomic E-state index is 0.191. The predicted octanol–water partition coefficient (Wildman–Crippen LogP) is 2.14. The van der Waals surface area contributed by atoms with E-state index in [0.717, 1.165) is 11.3 Å². The van der Waals surface area contributed by atoms with Crippen LogP contribution in [0.2, 0.25) is 0 Å². The number of hydrogen-bond donors (Lipinski definition) is 2. The van der Waals surface area contributed by atoms with Gasteiger partial charge in [0.25, 0.3) is 0 Å². The van der Waals surface area contributed by atoms with Gasteiger partial charge in [-0.25, -0.2) is 4.98 Å². The first-order valence-corrected chi connectivity index (χ1v) is 5.63. The molecular weight excluding hydrogens is 214 g/mol. The maximum Gasteiger partial charge on any atom is 0.144 e. The fourth-order valence-electron chi connectivity index (χ4n) is 1.28. The Morgan fingerprint density at radius 3 is 2.53 bits per heavy atom. The molecule has 0 saturated heterocycles. The molecule has 17 heavy (non-hydrogen) atoms. The van der Waals surface area contributed by atoms with Gasteiger partial charge in [0.2, 0.25) is 0 Å². The van der Waals surface area contributed by atoms with E-state index in [9.17, 15) is 5.11 Å². The van der Waals surface area contributed by atoms with E-state index in [4.69, 9.17) is 5.26 Å². The molecule has 0 amide bonds. The van der Waals surface area contributed by atoms with Crippen LogP contribution in [0, 0.1) is 25.2 Å². The van der Waals surface area contributed by atoms with E-state index in [-0.39, 0.29) is 6.04 Å². The second kappa shape index (κ2) is 4.72. The summed E-state index contributed by atoms with van der Waals surface area (Å²) in [6, 6.07) is 3.73. The second-order valence-corrected chi connectivity index (χ2v) is 4.92. The van der Waals surface area contributed by atoms with Gasteiger partial charge in [-0.1, -0.05) is 0 Å². The lowest BCUT2D eigenvalue weighted by Gasteiger charge is -2.27. The number of aryl methyl sites for hydroxylation is 2. The lowest BCUT2D eigenvalue weighted by Crippen LogP contribution is -2.39. The van der Waals surface area contributed by atoms with E-state index < -0.39 is 5.60 Å². The van der Waals surface area contributed by atoms with Gasteiger partial charge in [0, 0.05) is 5.69 Å². The number of nitrogens with zero attached hydrogens (tertiary/aromatic N) is 2. The van der Waals surface area contributed by atoms with Crippen LogP contribution in [0.25, 0.3) is 0 Å². The Hall–Kier alpha value is -1.60. The topological polar surface area (TPSA) is 68.9 Å². The minimum Gasteiger partial charge on any atom is -0.388 e. The molecule has 0 fully saturated rings. The van der Waals surface area contributed by atoms with E-state index in [2.05, 4.69) is 16.4 Å². The highest BCUT2D eigenvalue weighted by molar-refractivity contribution is 5.54. The molecule has 0 aliphatic carbocycles. The molecule has 0 saturated carbocycles. The molecule has 1 aromatic heterocycles. The third-order valence-electron chi connectivity index (χ3n) is 3.00. The number of nitriles is 1. The molecule has 0 aliphatic heterocycles. The summed E-state index contributed by atoms with van der Waals surface area (Å²) in [5, 5.41) is 22.0. The van der Waals surface area contributed by atoms with Crippen LogP contribution < -0.4 is 5.32 Å².